The summed E-state index contributed by atoms with van der Waals surface area (Å²) in [5, 5.41) is 23.1. The highest BCUT2D eigenvalue weighted by Gasteiger charge is 2.18. The molecule has 0 aromatic rings. The summed E-state index contributed by atoms with van der Waals surface area (Å²) in [6, 6.07) is -0.632. The molecule has 0 fully saturated rings. The molecule has 0 rings (SSSR count). The van der Waals surface area contributed by atoms with Crippen LogP contribution in [0.2, 0.25) is 0 Å². The van der Waals surface area contributed by atoms with Crippen molar-refractivity contribution in [2.45, 2.75) is 341 Å². The van der Waals surface area contributed by atoms with E-state index >= 15 is 0 Å². The Morgan fingerprint density at radius 1 is 0.391 bits per heavy atom. The second-order valence-corrected chi connectivity index (χ2v) is 21.0. The molecule has 3 N–H and O–H groups in total. The average Bonchev–Trinajstić information content (AvgIpc) is 3.35. The highest BCUT2D eigenvalue weighted by molar-refractivity contribution is 5.76. The molecule has 0 aromatic heterocycles. The normalized spacial score (nSPS) is 12.8. The topological polar surface area (TPSA) is 95.9 Å². The second kappa shape index (κ2) is 58.6. The fourth-order valence-corrected chi connectivity index (χ4v) is 9.39. The molecule has 0 saturated carbocycles. The third-order valence-corrected chi connectivity index (χ3v) is 14.1. The van der Waals surface area contributed by atoms with Crippen LogP contribution >= 0.6 is 0 Å². The summed E-state index contributed by atoms with van der Waals surface area (Å²) >= 11 is 0. The van der Waals surface area contributed by atoms with Gasteiger partial charge >= 0.3 is 5.97 Å². The molecule has 0 aliphatic rings. The fourth-order valence-electron chi connectivity index (χ4n) is 9.39. The molecule has 1 amide bonds. The molecule has 0 bridgehead atoms. The van der Waals surface area contributed by atoms with E-state index in [2.05, 4.69) is 43.5 Å². The molecule has 0 heterocycles. The summed E-state index contributed by atoms with van der Waals surface area (Å²) in [5.41, 5.74) is 0. The highest BCUT2D eigenvalue weighted by Crippen LogP contribution is 2.16. The van der Waals surface area contributed by atoms with Crippen LogP contribution in [0.15, 0.2) is 36.5 Å². The summed E-state index contributed by atoms with van der Waals surface area (Å²) in [4.78, 5) is 24.5. The zero-order chi connectivity index (χ0) is 50.0. The van der Waals surface area contributed by atoms with Crippen molar-refractivity contribution in [3.63, 3.8) is 0 Å². The summed E-state index contributed by atoms with van der Waals surface area (Å²) in [7, 11) is 0. The Balaban J connectivity index is 3.42. The van der Waals surface area contributed by atoms with E-state index in [0.717, 1.165) is 51.4 Å². The van der Waals surface area contributed by atoms with Gasteiger partial charge in [0, 0.05) is 12.8 Å². The quantitative estimate of drug-likeness (QED) is 0.0321. The van der Waals surface area contributed by atoms with Crippen molar-refractivity contribution in [3.8, 4) is 0 Å². The van der Waals surface area contributed by atoms with Gasteiger partial charge in [0.05, 0.1) is 25.4 Å². The Bertz CT molecular complexity index is 1120. The molecule has 69 heavy (non-hydrogen) atoms. The third-order valence-electron chi connectivity index (χ3n) is 14.1. The number of carbonyl (C=O) groups excluding carboxylic acids is 2. The van der Waals surface area contributed by atoms with Crippen molar-refractivity contribution in [1.29, 1.82) is 0 Å². The standard InChI is InChI=1S/C63H119NO5/c1-3-5-7-9-11-13-15-17-18-25-29-33-37-41-45-49-53-57-63(68)69-58-54-50-46-42-38-34-30-27-24-22-20-19-21-23-26-28-32-36-40-44-48-52-56-62(67)64-60(59-65)61(66)55-51-47-43-39-35-31-16-14-12-10-8-6-4-2/h17-18,21,23,51,55,60-61,65-66H,3-16,19-20,22,24-50,52-54,56-59H2,1-2H3,(H,64,67)/b18-17-,23-21-,55-51+. The molecule has 0 aliphatic carbocycles. The number of ether oxygens (including phenoxy) is 1. The predicted octanol–water partition coefficient (Wildman–Crippen LogP) is 19.2. The summed E-state index contributed by atoms with van der Waals surface area (Å²) in [5.74, 6) is -0.0690. The first kappa shape index (κ1) is 67.1. The Hall–Kier alpha value is -1.92. The van der Waals surface area contributed by atoms with Gasteiger partial charge in [0.2, 0.25) is 5.91 Å². The summed E-state index contributed by atoms with van der Waals surface area (Å²) < 4.78 is 5.49. The van der Waals surface area contributed by atoms with Gasteiger partial charge in [-0.3, -0.25) is 9.59 Å². The molecule has 2 unspecified atom stereocenters. The van der Waals surface area contributed by atoms with Gasteiger partial charge in [-0.25, -0.2) is 0 Å². The van der Waals surface area contributed by atoms with Crippen LogP contribution < -0.4 is 5.32 Å². The maximum atomic E-state index is 12.4. The lowest BCUT2D eigenvalue weighted by Crippen LogP contribution is -2.45. The van der Waals surface area contributed by atoms with E-state index in [0.29, 0.717) is 19.4 Å². The predicted molar refractivity (Wildman–Crippen MR) is 301 cm³/mol. The number of aliphatic hydroxyl groups is 2. The molecule has 406 valence electrons. The monoisotopic (exact) mass is 970 g/mol. The number of allylic oxidation sites excluding steroid dienone is 5. The van der Waals surface area contributed by atoms with Gasteiger partial charge in [-0.15, -0.1) is 0 Å². The first-order valence-electron chi connectivity index (χ1n) is 30.8. The van der Waals surface area contributed by atoms with Crippen molar-refractivity contribution in [3.05, 3.63) is 36.5 Å². The van der Waals surface area contributed by atoms with E-state index in [-0.39, 0.29) is 18.5 Å². The number of esters is 1. The summed E-state index contributed by atoms with van der Waals surface area (Å²) in [6.07, 6.45) is 73.2. The lowest BCUT2D eigenvalue weighted by molar-refractivity contribution is -0.143. The van der Waals surface area contributed by atoms with Gasteiger partial charge in [-0.2, -0.15) is 0 Å². The minimum absolute atomic E-state index is 0.00597. The first-order chi connectivity index (χ1) is 34.0. The van der Waals surface area contributed by atoms with Gasteiger partial charge in [0.15, 0.2) is 0 Å². The Morgan fingerprint density at radius 3 is 1.03 bits per heavy atom. The van der Waals surface area contributed by atoms with Crippen LogP contribution in [0.25, 0.3) is 0 Å². The molecule has 0 spiro atoms. The number of nitrogens with one attached hydrogen (secondary N) is 1. The number of carbonyl (C=O) groups is 2. The Labute approximate surface area is 430 Å². The molecule has 6 nitrogen and oxygen atoms in total. The van der Waals surface area contributed by atoms with Crippen LogP contribution in [-0.2, 0) is 14.3 Å². The van der Waals surface area contributed by atoms with E-state index in [9.17, 15) is 19.8 Å². The van der Waals surface area contributed by atoms with Crippen molar-refractivity contribution < 1.29 is 24.5 Å². The molecular weight excluding hydrogens is 851 g/mol. The molecule has 0 aliphatic heterocycles. The zero-order valence-electron chi connectivity index (χ0n) is 46.3. The van der Waals surface area contributed by atoms with Crippen LogP contribution in [0.4, 0.5) is 0 Å². The Morgan fingerprint density at radius 2 is 0.681 bits per heavy atom. The van der Waals surface area contributed by atoms with Crippen LogP contribution in [0.1, 0.15) is 328 Å². The van der Waals surface area contributed by atoms with Crippen LogP contribution in [-0.4, -0.2) is 47.4 Å². The highest BCUT2D eigenvalue weighted by atomic mass is 16.5. The smallest absolute Gasteiger partial charge is 0.305 e. The number of rotatable bonds is 57. The first-order valence-corrected chi connectivity index (χ1v) is 30.8. The summed E-state index contributed by atoms with van der Waals surface area (Å²) in [6.45, 7) is 4.90. The molecule has 0 aromatic carbocycles. The van der Waals surface area contributed by atoms with Gasteiger partial charge in [0.1, 0.15) is 0 Å². The van der Waals surface area contributed by atoms with E-state index in [1.165, 1.54) is 250 Å². The van der Waals surface area contributed by atoms with Crippen molar-refractivity contribution in [1.82, 2.24) is 5.32 Å². The molecule has 6 heteroatoms. The van der Waals surface area contributed by atoms with Crippen LogP contribution in [0.5, 0.6) is 0 Å². The lowest BCUT2D eigenvalue weighted by atomic mass is 10.0. The fraction of sp³-hybridized carbons (Fsp3) is 0.873. The number of hydrogen-bond donors (Lipinski definition) is 3. The number of unbranched alkanes of at least 4 members (excludes halogenated alkanes) is 42. The van der Waals surface area contributed by atoms with E-state index < -0.39 is 12.1 Å². The number of hydrogen-bond acceptors (Lipinski definition) is 5. The van der Waals surface area contributed by atoms with Gasteiger partial charge in [-0.1, -0.05) is 269 Å². The minimum Gasteiger partial charge on any atom is -0.466 e. The van der Waals surface area contributed by atoms with Gasteiger partial charge < -0.3 is 20.3 Å². The number of aliphatic hydroxyl groups excluding tert-OH is 2. The minimum atomic E-state index is -0.848. The van der Waals surface area contributed by atoms with E-state index in [1.807, 2.05) is 6.08 Å². The molecule has 2 atom stereocenters. The van der Waals surface area contributed by atoms with E-state index in [1.54, 1.807) is 6.08 Å². The van der Waals surface area contributed by atoms with Crippen LogP contribution in [0.3, 0.4) is 0 Å². The zero-order valence-corrected chi connectivity index (χ0v) is 46.3. The SMILES string of the molecule is CCCCCCCC/C=C\CCCCCCCCCC(=O)OCCCCCCCCCCCCC/C=C\CCCCCCCCCC(=O)NC(CO)C(O)/C=C/CCCCCCCCCCCCC. The molecule has 0 radical (unpaired) electrons. The molecule has 0 saturated heterocycles. The van der Waals surface area contributed by atoms with Crippen LogP contribution in [0, 0.1) is 0 Å². The van der Waals surface area contributed by atoms with E-state index in [4.69, 9.17) is 4.74 Å². The Kier molecular flexibility index (Phi) is 57.0. The number of amides is 1. The maximum Gasteiger partial charge on any atom is 0.305 e. The maximum absolute atomic E-state index is 12.4. The molecular formula is C63H119NO5. The van der Waals surface area contributed by atoms with Crippen molar-refractivity contribution in [2.24, 2.45) is 0 Å². The van der Waals surface area contributed by atoms with Crippen molar-refractivity contribution >= 4 is 11.9 Å². The second-order valence-electron chi connectivity index (χ2n) is 21.0. The van der Waals surface area contributed by atoms with Crippen molar-refractivity contribution in [2.75, 3.05) is 13.2 Å². The third kappa shape index (κ3) is 55.2. The van der Waals surface area contributed by atoms with Gasteiger partial charge in [0.25, 0.3) is 0 Å². The van der Waals surface area contributed by atoms with Gasteiger partial charge in [-0.05, 0) is 83.5 Å². The lowest BCUT2D eigenvalue weighted by Gasteiger charge is -2.20. The largest absolute Gasteiger partial charge is 0.466 e. The average molecular weight is 971 g/mol.